The van der Waals surface area contributed by atoms with E-state index in [4.69, 9.17) is 37.9 Å². The van der Waals surface area contributed by atoms with Crippen LogP contribution in [0.4, 0.5) is 4.39 Å². The summed E-state index contributed by atoms with van der Waals surface area (Å²) in [5.74, 6) is -5.68. The molecule has 5 N–H and O–H groups in total. The van der Waals surface area contributed by atoms with Crippen molar-refractivity contribution in [3.63, 3.8) is 0 Å². The number of hydrogen-bond acceptors (Lipinski definition) is 19. The summed E-state index contributed by atoms with van der Waals surface area (Å²) in [4.78, 5) is 59.3. The van der Waals surface area contributed by atoms with Crippen LogP contribution in [0.5, 0.6) is 0 Å². The molecule has 7 aliphatic rings. The molecular formula is C64H105FN2O17. The normalized spacial score (nSPS) is 46.8. The maximum atomic E-state index is 17.8. The maximum Gasteiger partial charge on any atom is 0.338 e. The van der Waals surface area contributed by atoms with Gasteiger partial charge < -0.3 is 73.2 Å². The number of carbonyl (C=O) groups is 4. The van der Waals surface area contributed by atoms with Crippen LogP contribution >= 0.6 is 0 Å². The number of likely N-dealkylation sites (N-methyl/N-ethyl adjacent to an activating group) is 2. The third-order valence-corrected chi connectivity index (χ3v) is 22.1. The number of ether oxygens (including phenoxy) is 8. The number of rotatable bonds is 14. The molecule has 480 valence electrons. The van der Waals surface area contributed by atoms with Gasteiger partial charge in [-0.2, -0.15) is 0 Å². The second-order valence-corrected chi connectivity index (χ2v) is 28.4. The lowest BCUT2D eigenvalue weighted by Crippen LogP contribution is -2.69. The number of hydrogen-bond donors (Lipinski definition) is 5. The molecule has 3 heterocycles. The predicted molar refractivity (Wildman–Crippen MR) is 309 cm³/mol. The van der Waals surface area contributed by atoms with Gasteiger partial charge in [0.1, 0.15) is 23.9 Å². The number of unbranched alkanes of at least 4 members (excludes halogenated alkanes) is 1. The molecule has 3 saturated heterocycles. The maximum absolute atomic E-state index is 17.8. The molecule has 3 aliphatic heterocycles. The summed E-state index contributed by atoms with van der Waals surface area (Å²) < 4.78 is 69.3. The molecule has 24 atom stereocenters. The molecule has 0 aromatic rings. The monoisotopic (exact) mass is 1190 g/mol. The Morgan fingerprint density at radius 1 is 0.893 bits per heavy atom. The van der Waals surface area contributed by atoms with Crippen molar-refractivity contribution in [2.75, 3.05) is 41.4 Å². The average molecular weight is 1190 g/mol. The van der Waals surface area contributed by atoms with E-state index >= 15 is 4.39 Å². The van der Waals surface area contributed by atoms with Gasteiger partial charge >= 0.3 is 17.9 Å². The van der Waals surface area contributed by atoms with Crippen LogP contribution in [0.1, 0.15) is 167 Å². The predicted octanol–water partition coefficient (Wildman–Crippen LogP) is 6.54. The topological polar surface area (TPSA) is 250 Å². The molecule has 0 radical (unpaired) electrons. The van der Waals surface area contributed by atoms with E-state index in [0.29, 0.717) is 50.6 Å². The van der Waals surface area contributed by atoms with E-state index in [2.05, 4.69) is 13.8 Å². The molecule has 0 spiro atoms. The summed E-state index contributed by atoms with van der Waals surface area (Å²) in [6.07, 6.45) is -2.83. The van der Waals surface area contributed by atoms with Gasteiger partial charge in [0.05, 0.1) is 54.7 Å². The summed E-state index contributed by atoms with van der Waals surface area (Å²) >= 11 is 0. The summed E-state index contributed by atoms with van der Waals surface area (Å²) in [5.41, 5.74) is -9.51. The number of alkyl halides is 1. The second kappa shape index (κ2) is 25.8. The van der Waals surface area contributed by atoms with Gasteiger partial charge in [0.15, 0.2) is 35.7 Å². The number of aliphatic hydroxyl groups excluding tert-OH is 3. The Balaban J connectivity index is 1.09. The largest absolute Gasteiger partial charge is 0.464 e. The molecule has 19 nitrogen and oxygen atoms in total. The van der Waals surface area contributed by atoms with Crippen molar-refractivity contribution in [3.8, 4) is 0 Å². The molecule has 0 aromatic heterocycles. The highest BCUT2D eigenvalue weighted by Crippen LogP contribution is 2.71. The van der Waals surface area contributed by atoms with E-state index in [0.717, 1.165) is 0 Å². The number of cyclic esters (lactones) is 1. The molecule has 6 fully saturated rings. The van der Waals surface area contributed by atoms with Gasteiger partial charge in [-0.1, -0.05) is 53.2 Å². The van der Waals surface area contributed by atoms with Gasteiger partial charge in [0.25, 0.3) is 0 Å². The summed E-state index contributed by atoms with van der Waals surface area (Å²) in [6, 6.07) is -0.891. The molecule has 84 heavy (non-hydrogen) atoms. The summed E-state index contributed by atoms with van der Waals surface area (Å²) in [7, 11) is 7.19. The number of fused-ring (bicyclic) bond motifs is 5. The Morgan fingerprint density at radius 3 is 2.21 bits per heavy atom. The lowest BCUT2D eigenvalue weighted by atomic mass is 9.45. The first-order valence-electron chi connectivity index (χ1n) is 31.2. The van der Waals surface area contributed by atoms with Gasteiger partial charge in [-0.05, 0) is 170 Å². The third kappa shape index (κ3) is 12.5. The van der Waals surface area contributed by atoms with Gasteiger partial charge in [-0.25, -0.2) is 9.18 Å². The zero-order chi connectivity index (χ0) is 62.6. The number of nitrogens with zero attached hydrogens (tertiary/aromatic N) is 2. The van der Waals surface area contributed by atoms with Crippen LogP contribution in [0.2, 0.25) is 0 Å². The first-order chi connectivity index (χ1) is 39.0. The van der Waals surface area contributed by atoms with Crippen LogP contribution in [-0.4, -0.2) is 202 Å². The average Bonchev–Trinajstić information content (AvgIpc) is 1.35. The van der Waals surface area contributed by atoms with Crippen molar-refractivity contribution in [3.05, 3.63) is 23.8 Å². The molecule has 7 rings (SSSR count). The number of aliphatic hydroxyl groups is 5. The van der Waals surface area contributed by atoms with Crippen molar-refractivity contribution in [1.29, 1.82) is 0 Å². The van der Waals surface area contributed by atoms with Crippen LogP contribution in [0.25, 0.3) is 0 Å². The van der Waals surface area contributed by atoms with Gasteiger partial charge in [-0.15, -0.1) is 0 Å². The van der Waals surface area contributed by atoms with E-state index in [9.17, 15) is 44.7 Å². The van der Waals surface area contributed by atoms with E-state index in [-0.39, 0.29) is 63.1 Å². The van der Waals surface area contributed by atoms with Crippen molar-refractivity contribution >= 4 is 23.7 Å². The highest BCUT2D eigenvalue weighted by atomic mass is 19.1. The van der Waals surface area contributed by atoms with Crippen molar-refractivity contribution in [2.45, 2.75) is 269 Å². The summed E-state index contributed by atoms with van der Waals surface area (Å²) in [6.45, 7) is 24.0. The Morgan fingerprint density at radius 2 is 1.57 bits per heavy atom. The Bertz CT molecular complexity index is 2410. The highest BCUT2D eigenvalue weighted by Gasteiger charge is 2.76. The van der Waals surface area contributed by atoms with Crippen LogP contribution < -0.4 is 0 Å². The minimum absolute atomic E-state index is 0.0549. The van der Waals surface area contributed by atoms with Crippen LogP contribution in [-0.2, 0) is 57.1 Å². The second-order valence-electron chi connectivity index (χ2n) is 28.4. The Kier molecular flexibility index (Phi) is 21.1. The fourth-order valence-corrected chi connectivity index (χ4v) is 16.5. The van der Waals surface area contributed by atoms with E-state index < -0.39 is 154 Å². The fourth-order valence-electron chi connectivity index (χ4n) is 16.5. The fraction of sp³-hybridized carbons (Fsp3) is 0.875. The lowest BCUT2D eigenvalue weighted by molar-refractivity contribution is -0.314. The van der Waals surface area contributed by atoms with Crippen molar-refractivity contribution < 1.29 is 87.0 Å². The molecule has 4 unspecified atom stereocenters. The van der Waals surface area contributed by atoms with E-state index in [1.807, 2.05) is 51.7 Å². The van der Waals surface area contributed by atoms with Crippen LogP contribution in [0.15, 0.2) is 23.8 Å². The van der Waals surface area contributed by atoms with Crippen LogP contribution in [0, 0.1) is 45.8 Å². The van der Waals surface area contributed by atoms with Crippen LogP contribution in [0.3, 0.4) is 0 Å². The van der Waals surface area contributed by atoms with Crippen molar-refractivity contribution in [1.82, 2.24) is 9.80 Å². The number of esters is 3. The zero-order valence-electron chi connectivity index (χ0n) is 53.4. The Labute approximate surface area is 499 Å². The first-order valence-corrected chi connectivity index (χ1v) is 31.2. The SMILES string of the molecule is CC[C@H]1OC(=O)[C@H](C)[C@@H](O[C@@H]2C[C@](C)(OC)[C@H](O)[C@@H](C)O2)[C@H](C)C(O[C@H]2O[C@@H](C)C[C@H](N(C)C)C2OC(=O)CCCCOC(=O)[C@@]2(O)[C@H](C)CC3C4CCC5=CC(=O)C=C[C@]5(C)[C@@]4(F)[C@@H](O)C[C@@]32C)C(C)(C)CCCN(C)[C@H](C)[C@H](O)[C@]1(C)O. The van der Waals surface area contributed by atoms with Gasteiger partial charge in [-0.3, -0.25) is 14.4 Å². The van der Waals surface area contributed by atoms with Gasteiger partial charge in [0.2, 0.25) is 0 Å². The minimum atomic E-state index is -2.12. The van der Waals surface area contributed by atoms with Gasteiger partial charge in [0, 0.05) is 48.7 Å². The number of halogens is 1. The number of ketones is 1. The first kappa shape index (κ1) is 68.5. The number of methoxy groups -OCH3 is 1. The summed E-state index contributed by atoms with van der Waals surface area (Å²) in [5, 5.41) is 59.1. The smallest absolute Gasteiger partial charge is 0.338 e. The lowest BCUT2D eigenvalue weighted by Gasteiger charge is -2.62. The quantitative estimate of drug-likeness (QED) is 0.0703. The molecule has 3 saturated carbocycles. The molecule has 0 amide bonds. The van der Waals surface area contributed by atoms with Crippen molar-refractivity contribution in [2.24, 2.45) is 45.8 Å². The number of allylic oxidation sites excluding steroid dienone is 4. The zero-order valence-corrected chi connectivity index (χ0v) is 53.4. The molecular weight excluding hydrogens is 1090 g/mol. The molecule has 0 aromatic carbocycles. The minimum Gasteiger partial charge on any atom is -0.464 e. The standard InChI is InChI=1S/C64H105FN2O17/c1-18-47-62(13,75)52(71)39(6)67(16)28-21-26-58(8,9)54(37(4)50(38(5)55(73)81-47)83-49-34-61(12,77-17)53(72)40(7)80-49)84-56-51(45(66(14)15)31-36(3)79-56)82-48(70)22-19-20-29-78-57(74)64(76)35(2)30-44-43-24-23-41-32-42(68)25-27-59(41,10)63(43,65)46(69)33-60(44,64)11/h25,27,32,35-40,43-47,49-54,56,69,71-72,75-76H,18-24,26,28-31,33-34H2,1-17H3/t35-,36+,37+,38-,39-,40-,43?,44?,45+,46+,47-,49-,50+,51?,52+,53-,54?,56-,59+,60+,61+,62-,63+,64+/m1/s1. The third-order valence-electron chi connectivity index (χ3n) is 22.1. The number of carbonyl (C=O) groups excluding carboxylic acids is 4. The molecule has 20 heteroatoms. The molecule has 4 aliphatic carbocycles. The Hall–Kier alpha value is -2.99. The molecule has 0 bridgehead atoms. The van der Waals surface area contributed by atoms with E-state index in [1.54, 1.807) is 54.5 Å². The highest BCUT2D eigenvalue weighted by molar-refractivity contribution is 6.01. The van der Waals surface area contributed by atoms with E-state index in [1.165, 1.54) is 26.2 Å².